The molecule has 1 atom stereocenters. The van der Waals surface area contributed by atoms with E-state index in [1.54, 1.807) is 13.8 Å². The molecule has 1 heterocycles. The predicted octanol–water partition coefficient (Wildman–Crippen LogP) is 3.01. The van der Waals surface area contributed by atoms with Crippen LogP contribution in [0, 0.1) is 18.6 Å². The molecule has 0 unspecified atom stereocenters. The fourth-order valence-corrected chi connectivity index (χ4v) is 2.02. The molecule has 0 spiro atoms. The molecule has 1 amide bonds. The Morgan fingerprint density at radius 3 is 2.75 bits per heavy atom. The number of hydrogen-bond donors (Lipinski definition) is 1. The third kappa shape index (κ3) is 3.76. The summed E-state index contributed by atoms with van der Waals surface area (Å²) in [4.78, 5) is 24.2. The van der Waals surface area contributed by atoms with Gasteiger partial charge in [0.1, 0.15) is 23.0 Å². The highest BCUT2D eigenvalue weighted by atomic mass is 19.1. The summed E-state index contributed by atoms with van der Waals surface area (Å²) in [6.45, 7) is 4.66. The molecule has 0 saturated carbocycles. The minimum Gasteiger partial charge on any atom is -0.449 e. The Hall–Kier alpha value is -2.77. The molecule has 1 N–H and O–H groups in total. The first-order valence-corrected chi connectivity index (χ1v) is 7.25. The van der Waals surface area contributed by atoms with Gasteiger partial charge in [0, 0.05) is 6.07 Å². The molecule has 0 aliphatic heterocycles. The second-order valence-electron chi connectivity index (χ2n) is 5.07. The highest BCUT2D eigenvalue weighted by Gasteiger charge is 2.25. The van der Waals surface area contributed by atoms with Crippen molar-refractivity contribution >= 4 is 17.6 Å². The van der Waals surface area contributed by atoms with Crippen LogP contribution in [0.5, 0.6) is 0 Å². The molecule has 0 radical (unpaired) electrons. The first kappa shape index (κ1) is 17.6. The van der Waals surface area contributed by atoms with Crippen LogP contribution in [-0.4, -0.2) is 23.1 Å². The van der Waals surface area contributed by atoms with E-state index in [2.05, 4.69) is 10.5 Å². The van der Waals surface area contributed by atoms with Gasteiger partial charge in [-0.3, -0.25) is 4.79 Å². The maximum Gasteiger partial charge on any atom is 0.344 e. The smallest absolute Gasteiger partial charge is 0.344 e. The Labute approximate surface area is 136 Å². The largest absolute Gasteiger partial charge is 0.449 e. The van der Waals surface area contributed by atoms with Crippen molar-refractivity contribution < 1.29 is 27.6 Å². The molecular weight excluding hydrogens is 322 g/mol. The zero-order chi connectivity index (χ0) is 17.9. The highest BCUT2D eigenvalue weighted by molar-refractivity contribution is 5.98. The third-order valence-electron chi connectivity index (χ3n) is 3.31. The van der Waals surface area contributed by atoms with E-state index in [0.29, 0.717) is 12.1 Å². The summed E-state index contributed by atoms with van der Waals surface area (Å²) in [7, 11) is 0. The van der Waals surface area contributed by atoms with Gasteiger partial charge in [0.25, 0.3) is 5.91 Å². The minimum atomic E-state index is -1.22. The summed E-state index contributed by atoms with van der Waals surface area (Å²) < 4.78 is 36.6. The molecule has 0 aliphatic carbocycles. The van der Waals surface area contributed by atoms with Crippen LogP contribution in [0.4, 0.5) is 14.5 Å². The van der Waals surface area contributed by atoms with Crippen molar-refractivity contribution in [3.05, 3.63) is 46.9 Å². The molecule has 0 fully saturated rings. The number of benzene rings is 1. The van der Waals surface area contributed by atoms with E-state index in [1.807, 2.05) is 0 Å². The number of anilines is 1. The number of esters is 1. The van der Waals surface area contributed by atoms with Crippen LogP contribution in [0.1, 0.15) is 35.7 Å². The Kier molecular flexibility index (Phi) is 5.28. The SMILES string of the molecule is CCc1noc(C)c1C(=O)O[C@H](C)C(=O)Nc1cc(F)ccc1F. The summed E-state index contributed by atoms with van der Waals surface area (Å²) in [5.41, 5.74) is 0.244. The topological polar surface area (TPSA) is 81.4 Å². The maximum atomic E-state index is 13.5. The lowest BCUT2D eigenvalue weighted by Gasteiger charge is -2.14. The molecule has 0 saturated heterocycles. The molecule has 0 aliphatic rings. The van der Waals surface area contributed by atoms with Crippen LogP contribution >= 0.6 is 0 Å². The third-order valence-corrected chi connectivity index (χ3v) is 3.31. The van der Waals surface area contributed by atoms with Crippen LogP contribution in [0.25, 0.3) is 0 Å². The zero-order valence-electron chi connectivity index (χ0n) is 13.4. The average Bonchev–Trinajstić information content (AvgIpc) is 2.91. The molecule has 0 bridgehead atoms. The van der Waals surface area contributed by atoms with E-state index in [-0.39, 0.29) is 17.0 Å². The summed E-state index contributed by atoms with van der Waals surface area (Å²) in [6, 6.07) is 2.64. The molecule has 128 valence electrons. The summed E-state index contributed by atoms with van der Waals surface area (Å²) in [6.07, 6.45) is -0.768. The number of aryl methyl sites for hydroxylation is 2. The van der Waals surface area contributed by atoms with Crippen LogP contribution < -0.4 is 5.32 Å². The number of amides is 1. The molecule has 1 aromatic carbocycles. The van der Waals surface area contributed by atoms with Gasteiger partial charge < -0.3 is 14.6 Å². The van der Waals surface area contributed by atoms with E-state index >= 15 is 0 Å². The van der Waals surface area contributed by atoms with Crippen molar-refractivity contribution in [2.24, 2.45) is 0 Å². The highest BCUT2D eigenvalue weighted by Crippen LogP contribution is 2.18. The Morgan fingerprint density at radius 2 is 2.08 bits per heavy atom. The second-order valence-corrected chi connectivity index (χ2v) is 5.07. The quantitative estimate of drug-likeness (QED) is 0.848. The van der Waals surface area contributed by atoms with Crippen molar-refractivity contribution in [3.63, 3.8) is 0 Å². The van der Waals surface area contributed by atoms with Gasteiger partial charge in [-0.05, 0) is 32.4 Å². The van der Waals surface area contributed by atoms with Gasteiger partial charge in [0.15, 0.2) is 6.10 Å². The maximum absolute atomic E-state index is 13.5. The van der Waals surface area contributed by atoms with Crippen molar-refractivity contribution in [3.8, 4) is 0 Å². The number of ether oxygens (including phenoxy) is 1. The number of rotatable bonds is 5. The van der Waals surface area contributed by atoms with Crippen LogP contribution in [-0.2, 0) is 16.0 Å². The summed E-state index contributed by atoms with van der Waals surface area (Å²) in [5, 5.41) is 5.90. The molecule has 1 aromatic heterocycles. The van der Waals surface area contributed by atoms with E-state index in [9.17, 15) is 18.4 Å². The lowest BCUT2D eigenvalue weighted by Crippen LogP contribution is -2.30. The molecule has 2 aromatic rings. The first-order chi connectivity index (χ1) is 11.3. The lowest BCUT2D eigenvalue weighted by atomic mass is 10.1. The predicted molar refractivity (Wildman–Crippen MR) is 80.5 cm³/mol. The number of halogens is 2. The number of carbonyl (C=O) groups excluding carboxylic acids is 2. The van der Waals surface area contributed by atoms with Crippen molar-refractivity contribution in [1.29, 1.82) is 0 Å². The minimum absolute atomic E-state index is 0.161. The van der Waals surface area contributed by atoms with Gasteiger partial charge >= 0.3 is 5.97 Å². The van der Waals surface area contributed by atoms with Crippen LogP contribution in [0.2, 0.25) is 0 Å². The summed E-state index contributed by atoms with van der Waals surface area (Å²) >= 11 is 0. The van der Waals surface area contributed by atoms with Crippen LogP contribution in [0.3, 0.4) is 0 Å². The van der Waals surface area contributed by atoms with Gasteiger partial charge in [-0.25, -0.2) is 13.6 Å². The van der Waals surface area contributed by atoms with Crippen molar-refractivity contribution in [2.75, 3.05) is 5.32 Å². The standard InChI is InChI=1S/C16H16F2N2O4/c1-4-12-14(8(2)24-20-12)16(22)23-9(3)15(21)19-13-7-10(17)5-6-11(13)18/h5-7,9H,4H2,1-3H3,(H,19,21)/t9-/m1/s1. The molecular formula is C16H16F2N2O4. The fraction of sp³-hybridized carbons (Fsp3) is 0.312. The molecule has 24 heavy (non-hydrogen) atoms. The Morgan fingerprint density at radius 1 is 1.38 bits per heavy atom. The summed E-state index contributed by atoms with van der Waals surface area (Å²) in [5.74, 6) is -2.79. The first-order valence-electron chi connectivity index (χ1n) is 7.25. The normalized spacial score (nSPS) is 11.9. The molecule has 2 rings (SSSR count). The molecule has 6 nitrogen and oxygen atoms in total. The fourth-order valence-electron chi connectivity index (χ4n) is 2.02. The van der Waals surface area contributed by atoms with Crippen LogP contribution in [0.15, 0.2) is 22.7 Å². The van der Waals surface area contributed by atoms with Gasteiger partial charge in [0.05, 0.1) is 11.4 Å². The Bertz CT molecular complexity index is 773. The van der Waals surface area contributed by atoms with Gasteiger partial charge in [-0.15, -0.1) is 0 Å². The number of hydrogen-bond acceptors (Lipinski definition) is 5. The zero-order valence-corrected chi connectivity index (χ0v) is 13.4. The van der Waals surface area contributed by atoms with E-state index in [4.69, 9.17) is 9.26 Å². The van der Waals surface area contributed by atoms with Gasteiger partial charge in [-0.1, -0.05) is 12.1 Å². The molecule has 8 heteroatoms. The number of carbonyl (C=O) groups is 2. The number of nitrogens with zero attached hydrogens (tertiary/aromatic N) is 1. The monoisotopic (exact) mass is 338 g/mol. The van der Waals surface area contributed by atoms with Gasteiger partial charge in [-0.2, -0.15) is 0 Å². The van der Waals surface area contributed by atoms with E-state index in [1.165, 1.54) is 6.92 Å². The lowest BCUT2D eigenvalue weighted by molar-refractivity contribution is -0.123. The average molecular weight is 338 g/mol. The van der Waals surface area contributed by atoms with Crippen molar-refractivity contribution in [2.45, 2.75) is 33.3 Å². The number of aromatic nitrogens is 1. The van der Waals surface area contributed by atoms with E-state index < -0.39 is 29.6 Å². The van der Waals surface area contributed by atoms with Crippen molar-refractivity contribution in [1.82, 2.24) is 5.16 Å². The van der Waals surface area contributed by atoms with E-state index in [0.717, 1.165) is 18.2 Å². The number of nitrogens with one attached hydrogen (secondary N) is 1. The van der Waals surface area contributed by atoms with Gasteiger partial charge in [0.2, 0.25) is 0 Å². The Balaban J connectivity index is 2.07. The second kappa shape index (κ2) is 7.20.